The van der Waals surface area contributed by atoms with Crippen LogP contribution < -0.4 is 4.90 Å². The first-order valence-electron chi connectivity index (χ1n) is 10.0. The number of hydrogen-bond acceptors (Lipinski definition) is 5. The topological polar surface area (TPSA) is 100 Å². The summed E-state index contributed by atoms with van der Waals surface area (Å²) in [4.78, 5) is 46.3. The third-order valence-electron chi connectivity index (χ3n) is 5.08. The van der Waals surface area contributed by atoms with Gasteiger partial charge in [-0.05, 0) is 46.7 Å². The second-order valence-corrected chi connectivity index (χ2v) is 7.71. The number of hydrogen-bond donors (Lipinski definition) is 1. The smallest absolute Gasteiger partial charge is 0.337 e. The molecule has 8 heteroatoms. The molecule has 1 heterocycles. The molecule has 0 fully saturated rings. The fourth-order valence-corrected chi connectivity index (χ4v) is 3.70. The number of ketones is 1. The monoisotopic (exact) mass is 459 g/mol. The van der Waals surface area contributed by atoms with E-state index in [4.69, 9.17) is 11.6 Å². The SMILES string of the molecule is O=C(CC(=O)N(Cc1ccc2ccccc2c1)c1ccc(C(=O)O)c(Cl)c1)c1ncccn1. The Balaban J connectivity index is 1.67. The zero-order valence-electron chi connectivity index (χ0n) is 17.3. The fourth-order valence-electron chi connectivity index (χ4n) is 3.44. The van der Waals surface area contributed by atoms with Crippen LogP contribution in [-0.2, 0) is 11.3 Å². The van der Waals surface area contributed by atoms with Crippen molar-refractivity contribution < 1.29 is 19.5 Å². The number of rotatable bonds is 7. The Morgan fingerprint density at radius 3 is 2.30 bits per heavy atom. The van der Waals surface area contributed by atoms with Crippen LogP contribution in [0.1, 0.15) is 33.0 Å². The third-order valence-corrected chi connectivity index (χ3v) is 5.39. The van der Waals surface area contributed by atoms with Crippen molar-refractivity contribution in [3.05, 3.63) is 101 Å². The van der Waals surface area contributed by atoms with Gasteiger partial charge in [0.2, 0.25) is 11.7 Å². The van der Waals surface area contributed by atoms with E-state index in [2.05, 4.69) is 9.97 Å². The Kier molecular flexibility index (Phi) is 6.42. The molecule has 0 saturated heterocycles. The summed E-state index contributed by atoms with van der Waals surface area (Å²) in [6, 6.07) is 19.5. The highest BCUT2D eigenvalue weighted by Crippen LogP contribution is 2.27. The van der Waals surface area contributed by atoms with Crippen LogP contribution in [0.2, 0.25) is 5.02 Å². The minimum Gasteiger partial charge on any atom is -0.478 e. The number of halogens is 1. The van der Waals surface area contributed by atoms with Gasteiger partial charge in [-0.1, -0.05) is 48.0 Å². The van der Waals surface area contributed by atoms with Crippen molar-refractivity contribution in [2.75, 3.05) is 4.90 Å². The van der Waals surface area contributed by atoms with Gasteiger partial charge in [-0.3, -0.25) is 9.59 Å². The lowest BCUT2D eigenvalue weighted by atomic mass is 10.1. The first-order chi connectivity index (χ1) is 15.9. The van der Waals surface area contributed by atoms with Gasteiger partial charge in [0.05, 0.1) is 23.6 Å². The van der Waals surface area contributed by atoms with Gasteiger partial charge in [0.1, 0.15) is 0 Å². The predicted molar refractivity (Wildman–Crippen MR) is 125 cm³/mol. The number of amides is 1. The molecule has 0 unspecified atom stereocenters. The molecule has 7 nitrogen and oxygen atoms in total. The van der Waals surface area contributed by atoms with Crippen molar-refractivity contribution in [2.24, 2.45) is 0 Å². The number of aromatic carboxylic acids is 1. The van der Waals surface area contributed by atoms with E-state index in [-0.39, 0.29) is 23.0 Å². The van der Waals surface area contributed by atoms with Crippen LogP contribution >= 0.6 is 11.6 Å². The zero-order valence-corrected chi connectivity index (χ0v) is 18.1. The molecule has 0 spiro atoms. The van der Waals surface area contributed by atoms with Crippen molar-refractivity contribution in [1.82, 2.24) is 9.97 Å². The average molecular weight is 460 g/mol. The molecule has 33 heavy (non-hydrogen) atoms. The first kappa shape index (κ1) is 22.1. The summed E-state index contributed by atoms with van der Waals surface area (Å²) in [5.41, 5.74) is 1.14. The molecule has 4 rings (SSSR count). The van der Waals surface area contributed by atoms with E-state index < -0.39 is 24.1 Å². The van der Waals surface area contributed by atoms with Crippen LogP contribution in [0, 0.1) is 0 Å². The summed E-state index contributed by atoms with van der Waals surface area (Å²) >= 11 is 6.15. The Bertz CT molecular complexity index is 1360. The van der Waals surface area contributed by atoms with Crippen LogP contribution in [0.4, 0.5) is 5.69 Å². The molecule has 1 N–H and O–H groups in total. The van der Waals surface area contributed by atoms with Crippen molar-refractivity contribution in [3.8, 4) is 0 Å². The lowest BCUT2D eigenvalue weighted by Crippen LogP contribution is -2.32. The van der Waals surface area contributed by atoms with Crippen LogP contribution in [0.3, 0.4) is 0 Å². The molecule has 1 aromatic heterocycles. The van der Waals surface area contributed by atoms with Crippen molar-refractivity contribution >= 4 is 45.7 Å². The number of anilines is 1. The van der Waals surface area contributed by atoms with Gasteiger partial charge in [0.25, 0.3) is 0 Å². The molecule has 0 saturated carbocycles. The Morgan fingerprint density at radius 2 is 1.61 bits per heavy atom. The highest BCUT2D eigenvalue weighted by Gasteiger charge is 2.23. The highest BCUT2D eigenvalue weighted by molar-refractivity contribution is 6.33. The zero-order chi connectivity index (χ0) is 23.4. The number of carboxylic acid groups (broad SMARTS) is 1. The third kappa shape index (κ3) is 5.05. The summed E-state index contributed by atoms with van der Waals surface area (Å²) in [6.07, 6.45) is 2.42. The molecule has 0 aliphatic rings. The normalized spacial score (nSPS) is 10.7. The first-order valence-corrected chi connectivity index (χ1v) is 10.4. The van der Waals surface area contributed by atoms with Crippen LogP contribution in [0.25, 0.3) is 10.8 Å². The molecule has 0 atom stereocenters. The van der Waals surface area contributed by atoms with Gasteiger partial charge in [0, 0.05) is 18.1 Å². The average Bonchev–Trinajstić information content (AvgIpc) is 2.82. The second kappa shape index (κ2) is 9.58. The summed E-state index contributed by atoms with van der Waals surface area (Å²) in [6.45, 7) is 0.162. The van der Waals surface area contributed by atoms with E-state index in [1.807, 2.05) is 42.5 Å². The molecular weight excluding hydrogens is 442 g/mol. The van der Waals surface area contributed by atoms with Gasteiger partial charge in [0.15, 0.2) is 5.82 Å². The molecule has 0 aliphatic heterocycles. The second-order valence-electron chi connectivity index (χ2n) is 7.30. The molecule has 0 aliphatic carbocycles. The van der Waals surface area contributed by atoms with Crippen LogP contribution in [0.15, 0.2) is 79.1 Å². The highest BCUT2D eigenvalue weighted by atomic mass is 35.5. The van der Waals surface area contributed by atoms with E-state index in [0.717, 1.165) is 16.3 Å². The minimum atomic E-state index is -1.17. The maximum absolute atomic E-state index is 13.2. The molecule has 0 bridgehead atoms. The lowest BCUT2D eigenvalue weighted by molar-refractivity contribution is -0.117. The molecule has 4 aromatic rings. The summed E-state index contributed by atoms with van der Waals surface area (Å²) < 4.78 is 0. The van der Waals surface area contributed by atoms with E-state index in [9.17, 15) is 19.5 Å². The standard InChI is InChI=1S/C25H18ClN3O4/c26-21-13-19(8-9-20(21)25(32)33)29(23(31)14-22(30)24-27-10-3-11-28-24)15-16-6-7-17-4-1-2-5-18(17)12-16/h1-13H,14-15H2,(H,32,33). The molecule has 0 radical (unpaired) electrons. The minimum absolute atomic E-state index is 0.00553. The van der Waals surface area contributed by atoms with Crippen molar-refractivity contribution in [3.63, 3.8) is 0 Å². The fraction of sp³-hybridized carbons (Fsp3) is 0.0800. The number of Topliss-reactive ketones (excluding diaryl/α,β-unsaturated/α-hetero) is 1. The van der Waals surface area contributed by atoms with E-state index in [0.29, 0.717) is 5.69 Å². The summed E-state index contributed by atoms with van der Waals surface area (Å²) in [5.74, 6) is -2.22. The number of nitrogens with zero attached hydrogens (tertiary/aromatic N) is 3. The summed E-state index contributed by atoms with van der Waals surface area (Å²) in [5, 5.41) is 11.3. The van der Waals surface area contributed by atoms with Gasteiger partial charge in [-0.25, -0.2) is 14.8 Å². The molecule has 1 amide bonds. The van der Waals surface area contributed by atoms with Crippen LogP contribution in [-0.4, -0.2) is 32.7 Å². The van der Waals surface area contributed by atoms with Gasteiger partial charge < -0.3 is 10.0 Å². The number of carboxylic acids is 1. The Morgan fingerprint density at radius 1 is 0.879 bits per heavy atom. The number of carbonyl (C=O) groups excluding carboxylic acids is 2. The predicted octanol–water partition coefficient (Wildman–Crippen LogP) is 4.79. The van der Waals surface area contributed by atoms with E-state index >= 15 is 0 Å². The molecular formula is C25H18ClN3O4. The number of carbonyl (C=O) groups is 3. The quantitative estimate of drug-likeness (QED) is 0.315. The maximum Gasteiger partial charge on any atom is 0.337 e. The lowest BCUT2D eigenvalue weighted by Gasteiger charge is -2.23. The van der Waals surface area contributed by atoms with Crippen LogP contribution in [0.5, 0.6) is 0 Å². The largest absolute Gasteiger partial charge is 0.478 e. The Labute approximate surface area is 194 Å². The van der Waals surface area contributed by atoms with Gasteiger partial charge >= 0.3 is 5.97 Å². The molecule has 164 valence electrons. The van der Waals surface area contributed by atoms with E-state index in [1.54, 1.807) is 6.07 Å². The van der Waals surface area contributed by atoms with Gasteiger partial charge in [-0.2, -0.15) is 0 Å². The maximum atomic E-state index is 13.2. The summed E-state index contributed by atoms with van der Waals surface area (Å²) in [7, 11) is 0. The van der Waals surface area contributed by atoms with Gasteiger partial charge in [-0.15, -0.1) is 0 Å². The number of benzene rings is 3. The number of aromatic nitrogens is 2. The van der Waals surface area contributed by atoms with E-state index in [1.165, 1.54) is 35.5 Å². The number of fused-ring (bicyclic) bond motifs is 1. The Hall–Kier alpha value is -4.10. The molecule has 3 aromatic carbocycles. The van der Waals surface area contributed by atoms with Crippen molar-refractivity contribution in [1.29, 1.82) is 0 Å². The van der Waals surface area contributed by atoms with Crippen molar-refractivity contribution in [2.45, 2.75) is 13.0 Å².